The number of nitrogens with one attached hydrogen (secondary N) is 1. The average molecular weight is 444 g/mol. The lowest BCUT2D eigenvalue weighted by Gasteiger charge is -2.30. The lowest BCUT2D eigenvalue weighted by Crippen LogP contribution is -2.41. The molecule has 2 fully saturated rings. The molecule has 9 heteroatoms. The molecule has 0 bridgehead atoms. The number of rotatable bonds is 7. The fourth-order valence-electron chi connectivity index (χ4n) is 4.05. The molecule has 1 atom stereocenters. The lowest BCUT2D eigenvalue weighted by atomic mass is 10.1. The highest BCUT2D eigenvalue weighted by Gasteiger charge is 2.27. The van der Waals surface area contributed by atoms with Gasteiger partial charge in [0.15, 0.2) is 0 Å². The van der Waals surface area contributed by atoms with Crippen LogP contribution in [-0.4, -0.2) is 74.7 Å². The molecule has 2 saturated heterocycles. The van der Waals surface area contributed by atoms with Crippen molar-refractivity contribution in [1.29, 1.82) is 0 Å². The number of carbonyl (C=O) groups excluding carboxylic acids is 1. The molecule has 162 valence electrons. The molecule has 0 spiro atoms. The third-order valence-corrected chi connectivity index (χ3v) is 7.36. The number of amides is 1. The van der Waals surface area contributed by atoms with E-state index in [1.807, 2.05) is 0 Å². The maximum Gasteiger partial charge on any atom is 0.251 e. The number of carbonyl (C=O) groups is 1. The number of likely N-dealkylation sites (tertiary alicyclic amines) is 1. The minimum Gasteiger partial charge on any atom is -0.489 e. The third kappa shape index (κ3) is 5.84. The van der Waals surface area contributed by atoms with E-state index in [0.29, 0.717) is 54.9 Å². The maximum absolute atomic E-state index is 12.5. The summed E-state index contributed by atoms with van der Waals surface area (Å²) in [6.45, 7) is 5.76. The van der Waals surface area contributed by atoms with Crippen LogP contribution in [0.5, 0.6) is 5.75 Å². The molecular formula is C20H30ClN3O4S. The molecule has 1 N–H and O–H groups in total. The van der Waals surface area contributed by atoms with Crippen molar-refractivity contribution in [1.82, 2.24) is 14.5 Å². The van der Waals surface area contributed by atoms with Crippen molar-refractivity contribution >= 4 is 27.5 Å². The first-order valence-electron chi connectivity index (χ1n) is 10.2. The molecule has 0 saturated carbocycles. The minimum atomic E-state index is -3.16. The molecule has 0 aromatic heterocycles. The quantitative estimate of drug-likeness (QED) is 0.699. The Hall–Kier alpha value is -1.35. The zero-order valence-corrected chi connectivity index (χ0v) is 18.6. The number of sulfonamides is 1. The van der Waals surface area contributed by atoms with E-state index in [1.165, 1.54) is 17.0 Å². The van der Waals surface area contributed by atoms with Crippen LogP contribution in [0.25, 0.3) is 0 Å². The van der Waals surface area contributed by atoms with Crippen molar-refractivity contribution < 1.29 is 17.9 Å². The Labute approximate surface area is 178 Å². The van der Waals surface area contributed by atoms with Gasteiger partial charge in [0, 0.05) is 31.2 Å². The van der Waals surface area contributed by atoms with Crippen LogP contribution in [0.1, 0.15) is 43.0 Å². The molecule has 7 nitrogen and oxygen atoms in total. The van der Waals surface area contributed by atoms with Gasteiger partial charge < -0.3 is 10.1 Å². The summed E-state index contributed by atoms with van der Waals surface area (Å²) in [4.78, 5) is 14.9. The molecule has 0 aliphatic carbocycles. The number of benzene rings is 1. The first-order valence-corrected chi connectivity index (χ1v) is 12.4. The average Bonchev–Trinajstić information content (AvgIpc) is 3.15. The van der Waals surface area contributed by atoms with Crippen molar-refractivity contribution in [3.8, 4) is 5.75 Å². The standard InChI is InChI=1S/C20H30ClN3O4S/c1-3-23-10-4-5-16(23)14-22-20(25)15-6-7-19(18(21)13-15)28-17-8-11-24(12-9-17)29(2,26)27/h6-7,13,16-17H,3-5,8-12,14H2,1-2H3,(H,22,25)/t16-/m1/s1. The molecule has 2 aliphatic heterocycles. The van der Waals surface area contributed by atoms with E-state index in [0.717, 1.165) is 19.5 Å². The summed E-state index contributed by atoms with van der Waals surface area (Å²) in [5.74, 6) is 0.386. The molecule has 1 aromatic rings. The number of piperidine rings is 1. The van der Waals surface area contributed by atoms with Gasteiger partial charge in [0.05, 0.1) is 11.3 Å². The Kier molecular flexibility index (Phi) is 7.42. The fraction of sp³-hybridized carbons (Fsp3) is 0.650. The molecular weight excluding hydrogens is 414 g/mol. The number of nitrogens with zero attached hydrogens (tertiary/aromatic N) is 2. The summed E-state index contributed by atoms with van der Waals surface area (Å²) in [6, 6.07) is 5.46. The molecule has 3 rings (SSSR count). The van der Waals surface area contributed by atoms with Gasteiger partial charge in [0.1, 0.15) is 11.9 Å². The van der Waals surface area contributed by atoms with Crippen molar-refractivity contribution in [2.45, 2.75) is 44.8 Å². The Bertz CT molecular complexity index is 825. The van der Waals surface area contributed by atoms with Crippen LogP contribution < -0.4 is 10.1 Å². The smallest absolute Gasteiger partial charge is 0.251 e. The first-order chi connectivity index (χ1) is 13.8. The number of halogens is 1. The van der Waals surface area contributed by atoms with Crippen molar-refractivity contribution in [2.75, 3.05) is 39.0 Å². The second-order valence-corrected chi connectivity index (χ2v) is 10.1. The number of ether oxygens (including phenoxy) is 1. The molecule has 1 aromatic carbocycles. The minimum absolute atomic E-state index is 0.0902. The third-order valence-electron chi connectivity index (χ3n) is 5.76. The molecule has 0 radical (unpaired) electrons. The van der Waals surface area contributed by atoms with Crippen LogP contribution in [0.4, 0.5) is 0 Å². The highest BCUT2D eigenvalue weighted by atomic mass is 35.5. The van der Waals surface area contributed by atoms with Crippen molar-refractivity contribution in [3.63, 3.8) is 0 Å². The monoisotopic (exact) mass is 443 g/mol. The lowest BCUT2D eigenvalue weighted by molar-refractivity contribution is 0.0941. The SMILES string of the molecule is CCN1CCC[C@@H]1CNC(=O)c1ccc(OC2CCN(S(C)(=O)=O)CC2)c(Cl)c1. The number of hydrogen-bond acceptors (Lipinski definition) is 5. The summed E-state index contributed by atoms with van der Waals surface area (Å²) in [6.07, 6.45) is 4.64. The van der Waals surface area contributed by atoms with Gasteiger partial charge in [-0.05, 0) is 57.0 Å². The Morgan fingerprint density at radius 3 is 2.59 bits per heavy atom. The zero-order chi connectivity index (χ0) is 21.0. The fourth-order valence-corrected chi connectivity index (χ4v) is 5.15. The van der Waals surface area contributed by atoms with E-state index in [2.05, 4.69) is 17.1 Å². The summed E-state index contributed by atoms with van der Waals surface area (Å²) >= 11 is 6.35. The van der Waals surface area contributed by atoms with Crippen LogP contribution >= 0.6 is 11.6 Å². The van der Waals surface area contributed by atoms with Crippen LogP contribution in [0.2, 0.25) is 5.02 Å². The molecule has 2 heterocycles. The van der Waals surface area contributed by atoms with Crippen LogP contribution in [0.15, 0.2) is 18.2 Å². The van der Waals surface area contributed by atoms with Gasteiger partial charge in [0.25, 0.3) is 5.91 Å². The molecule has 2 aliphatic rings. The van der Waals surface area contributed by atoms with Crippen LogP contribution in [0.3, 0.4) is 0 Å². The van der Waals surface area contributed by atoms with E-state index in [4.69, 9.17) is 16.3 Å². The molecule has 29 heavy (non-hydrogen) atoms. The molecule has 1 amide bonds. The Morgan fingerprint density at radius 1 is 1.24 bits per heavy atom. The van der Waals surface area contributed by atoms with E-state index in [9.17, 15) is 13.2 Å². The number of hydrogen-bond donors (Lipinski definition) is 1. The molecule has 0 unspecified atom stereocenters. The normalized spacial score (nSPS) is 22.0. The highest BCUT2D eigenvalue weighted by molar-refractivity contribution is 7.88. The van der Waals surface area contributed by atoms with E-state index < -0.39 is 10.0 Å². The summed E-state index contributed by atoms with van der Waals surface area (Å²) in [7, 11) is -3.16. The van der Waals surface area contributed by atoms with Gasteiger partial charge in [0.2, 0.25) is 10.0 Å². The highest BCUT2D eigenvalue weighted by Crippen LogP contribution is 2.29. The Balaban J connectivity index is 1.53. The topological polar surface area (TPSA) is 79.0 Å². The van der Waals surface area contributed by atoms with E-state index in [1.54, 1.807) is 18.2 Å². The predicted molar refractivity (Wildman–Crippen MR) is 114 cm³/mol. The van der Waals surface area contributed by atoms with Gasteiger partial charge in [-0.15, -0.1) is 0 Å². The van der Waals surface area contributed by atoms with Crippen molar-refractivity contribution in [2.24, 2.45) is 0 Å². The van der Waals surface area contributed by atoms with E-state index in [-0.39, 0.29) is 12.0 Å². The van der Waals surface area contributed by atoms with Gasteiger partial charge in [-0.25, -0.2) is 12.7 Å². The van der Waals surface area contributed by atoms with E-state index >= 15 is 0 Å². The maximum atomic E-state index is 12.5. The number of likely N-dealkylation sites (N-methyl/N-ethyl adjacent to an activating group) is 1. The summed E-state index contributed by atoms with van der Waals surface area (Å²) in [5.41, 5.74) is 0.510. The van der Waals surface area contributed by atoms with Gasteiger partial charge in [-0.2, -0.15) is 0 Å². The zero-order valence-electron chi connectivity index (χ0n) is 17.1. The second-order valence-electron chi connectivity index (χ2n) is 7.76. The Morgan fingerprint density at radius 2 is 1.97 bits per heavy atom. The second kappa shape index (κ2) is 9.64. The van der Waals surface area contributed by atoms with Gasteiger partial charge >= 0.3 is 0 Å². The first kappa shape index (κ1) is 22.3. The van der Waals surface area contributed by atoms with Crippen LogP contribution in [-0.2, 0) is 10.0 Å². The van der Waals surface area contributed by atoms with Crippen molar-refractivity contribution in [3.05, 3.63) is 28.8 Å². The summed E-state index contributed by atoms with van der Waals surface area (Å²) in [5, 5.41) is 3.40. The summed E-state index contributed by atoms with van der Waals surface area (Å²) < 4.78 is 30.6. The van der Waals surface area contributed by atoms with Gasteiger partial charge in [-0.1, -0.05) is 18.5 Å². The van der Waals surface area contributed by atoms with Gasteiger partial charge in [-0.3, -0.25) is 9.69 Å². The predicted octanol–water partition coefficient (Wildman–Crippen LogP) is 2.36. The van der Waals surface area contributed by atoms with Crippen LogP contribution in [0, 0.1) is 0 Å². The largest absolute Gasteiger partial charge is 0.489 e.